The Morgan fingerprint density at radius 3 is 2.59 bits per heavy atom. The van der Waals surface area contributed by atoms with Gasteiger partial charge in [0.05, 0.1) is 12.7 Å². The minimum atomic E-state index is -0.565. The molecule has 2 aromatic carbocycles. The molecule has 3 atom stereocenters. The number of aromatic nitrogens is 1. The summed E-state index contributed by atoms with van der Waals surface area (Å²) in [7, 11) is 0. The van der Waals surface area contributed by atoms with Crippen LogP contribution in [0.3, 0.4) is 0 Å². The summed E-state index contributed by atoms with van der Waals surface area (Å²) in [6.07, 6.45) is 4.80. The molecule has 0 spiro atoms. The zero-order valence-electron chi connectivity index (χ0n) is 22.4. The number of fused-ring (bicyclic) bond motifs is 3. The first-order valence-electron chi connectivity index (χ1n) is 14.4. The maximum atomic E-state index is 16.1. The molecule has 3 aliphatic carbocycles. The van der Waals surface area contributed by atoms with Crippen molar-refractivity contribution >= 4 is 16.6 Å². The van der Waals surface area contributed by atoms with Gasteiger partial charge in [-0.2, -0.15) is 0 Å². The van der Waals surface area contributed by atoms with Gasteiger partial charge in [-0.3, -0.25) is 9.29 Å². The SMILES string of the molecule is C[C@@H]1Cc2c([nH]c3ccccc23)[C@@H](c2c(F)cc(N[C@H]3CCN(CCCF)C3)cc2F)N1C12CC(CO)(C1)C2. The largest absolute Gasteiger partial charge is 0.396 e. The summed E-state index contributed by atoms with van der Waals surface area (Å²) >= 11 is 0. The Kier molecular flexibility index (Phi) is 6.03. The summed E-state index contributed by atoms with van der Waals surface area (Å²) in [5.74, 6) is -1.08. The van der Waals surface area contributed by atoms with E-state index >= 15 is 8.78 Å². The molecule has 8 rings (SSSR count). The van der Waals surface area contributed by atoms with Gasteiger partial charge in [0.2, 0.25) is 0 Å². The lowest BCUT2D eigenvalue weighted by Crippen LogP contribution is -2.77. The molecule has 5 nitrogen and oxygen atoms in total. The Morgan fingerprint density at radius 2 is 1.87 bits per heavy atom. The fourth-order valence-corrected chi connectivity index (χ4v) is 8.47. The second-order valence-electron chi connectivity index (χ2n) is 12.7. The van der Waals surface area contributed by atoms with E-state index in [1.807, 2.05) is 18.2 Å². The van der Waals surface area contributed by atoms with Gasteiger partial charge in [0.15, 0.2) is 0 Å². The molecule has 0 radical (unpaired) electrons. The number of nitrogens with one attached hydrogen (secondary N) is 2. The predicted octanol–water partition coefficient (Wildman–Crippen LogP) is 5.54. The van der Waals surface area contributed by atoms with E-state index in [0.717, 1.165) is 67.4 Å². The Balaban J connectivity index is 1.25. The van der Waals surface area contributed by atoms with Crippen molar-refractivity contribution in [2.75, 3.05) is 38.2 Å². The molecule has 4 fully saturated rings. The van der Waals surface area contributed by atoms with E-state index in [9.17, 15) is 9.50 Å². The molecule has 3 N–H and O–H groups in total. The van der Waals surface area contributed by atoms with Crippen LogP contribution in [0.2, 0.25) is 0 Å². The topological polar surface area (TPSA) is 54.5 Å². The van der Waals surface area contributed by atoms with Gasteiger partial charge in [-0.05, 0) is 74.6 Å². The number of rotatable bonds is 8. The van der Waals surface area contributed by atoms with Crippen molar-refractivity contribution in [2.45, 2.75) is 69.1 Å². The van der Waals surface area contributed by atoms with E-state index in [0.29, 0.717) is 18.7 Å². The molecular weight excluding hydrogens is 501 g/mol. The molecule has 208 valence electrons. The number of hydrogen-bond acceptors (Lipinski definition) is 4. The number of anilines is 1. The van der Waals surface area contributed by atoms with Crippen LogP contribution in [-0.2, 0) is 6.42 Å². The summed E-state index contributed by atoms with van der Waals surface area (Å²) < 4.78 is 44.8. The molecule has 8 heteroatoms. The van der Waals surface area contributed by atoms with Crippen molar-refractivity contribution < 1.29 is 18.3 Å². The number of likely N-dealkylation sites (tertiary alicyclic amines) is 1. The van der Waals surface area contributed by atoms with Crippen molar-refractivity contribution in [1.82, 2.24) is 14.8 Å². The van der Waals surface area contributed by atoms with E-state index in [4.69, 9.17) is 0 Å². The maximum absolute atomic E-state index is 16.1. The Hall–Kier alpha value is -2.55. The van der Waals surface area contributed by atoms with E-state index in [1.54, 1.807) is 0 Å². The molecule has 1 aromatic heterocycles. The second-order valence-corrected chi connectivity index (χ2v) is 12.7. The summed E-state index contributed by atoms with van der Waals surface area (Å²) in [4.78, 5) is 8.11. The van der Waals surface area contributed by atoms with Crippen LogP contribution in [0.15, 0.2) is 36.4 Å². The average molecular weight is 539 g/mol. The predicted molar refractivity (Wildman–Crippen MR) is 147 cm³/mol. The lowest BCUT2D eigenvalue weighted by atomic mass is 9.38. The number of aliphatic hydroxyl groups is 1. The quantitative estimate of drug-likeness (QED) is 0.353. The van der Waals surface area contributed by atoms with Crippen LogP contribution in [-0.4, -0.2) is 70.4 Å². The minimum absolute atomic E-state index is 0.0186. The van der Waals surface area contributed by atoms with E-state index in [-0.39, 0.29) is 41.9 Å². The standard InChI is InChI=1S/C31H37F3N4O/c1-19-11-23-22-5-2-3-6-26(22)36-28(23)29(38(19)31-15-30(16-31,17-31)18-39)27-24(33)12-21(13-25(27)34)35-20-7-10-37(14-20)9-4-8-32/h2-3,5-6,12-13,19-20,29,35-36,39H,4,7-11,14-18H2,1H3/t19-,20+,29-,30?,31?/m1/s1. The smallest absolute Gasteiger partial charge is 0.133 e. The summed E-state index contributed by atoms with van der Waals surface area (Å²) in [5, 5.41) is 14.4. The number of nitrogens with zero attached hydrogens (tertiary/aromatic N) is 2. The highest BCUT2D eigenvalue weighted by Gasteiger charge is 2.71. The van der Waals surface area contributed by atoms with E-state index in [2.05, 4.69) is 33.1 Å². The molecule has 0 amide bonds. The molecule has 2 aliphatic heterocycles. The lowest BCUT2D eigenvalue weighted by Gasteiger charge is -2.76. The minimum Gasteiger partial charge on any atom is -0.396 e. The van der Waals surface area contributed by atoms with Crippen LogP contribution >= 0.6 is 0 Å². The average Bonchev–Trinajstić information content (AvgIpc) is 3.46. The number of hydrogen-bond donors (Lipinski definition) is 3. The molecule has 3 heterocycles. The number of alkyl halides is 1. The van der Waals surface area contributed by atoms with Gasteiger partial charge in [0.1, 0.15) is 11.6 Å². The number of halogens is 3. The molecule has 0 unspecified atom stereocenters. The first-order valence-corrected chi connectivity index (χ1v) is 14.4. The zero-order valence-corrected chi connectivity index (χ0v) is 22.4. The van der Waals surface area contributed by atoms with Crippen molar-refractivity contribution in [3.8, 4) is 0 Å². The highest BCUT2D eigenvalue weighted by molar-refractivity contribution is 5.85. The third kappa shape index (κ3) is 3.93. The number of aromatic amines is 1. The first-order chi connectivity index (χ1) is 18.9. The van der Waals surface area contributed by atoms with Crippen LogP contribution in [0.5, 0.6) is 0 Å². The van der Waals surface area contributed by atoms with Crippen molar-refractivity contribution in [3.63, 3.8) is 0 Å². The van der Waals surface area contributed by atoms with Crippen LogP contribution in [0.1, 0.15) is 61.9 Å². The van der Waals surface area contributed by atoms with Gasteiger partial charge in [0.25, 0.3) is 0 Å². The van der Waals surface area contributed by atoms with E-state index in [1.165, 1.54) is 12.1 Å². The molecule has 39 heavy (non-hydrogen) atoms. The number of aliphatic hydroxyl groups excluding tert-OH is 1. The number of benzene rings is 2. The van der Waals surface area contributed by atoms with Crippen LogP contribution < -0.4 is 5.32 Å². The van der Waals surface area contributed by atoms with E-state index < -0.39 is 17.7 Å². The molecule has 3 saturated carbocycles. The third-order valence-electron chi connectivity index (χ3n) is 9.97. The fraction of sp³-hybridized carbons (Fsp3) is 0.548. The normalized spacial score (nSPS) is 32.2. The molecular formula is C31H37F3N4O. The number of para-hydroxylation sites is 1. The highest BCUT2D eigenvalue weighted by atomic mass is 19.1. The third-order valence-corrected chi connectivity index (χ3v) is 9.97. The second kappa shape index (κ2) is 9.25. The molecule has 3 aromatic rings. The zero-order chi connectivity index (χ0) is 26.9. The lowest BCUT2D eigenvalue weighted by molar-refractivity contribution is -0.254. The maximum Gasteiger partial charge on any atom is 0.133 e. The Bertz CT molecular complexity index is 1360. The molecule has 2 bridgehead atoms. The summed E-state index contributed by atoms with van der Waals surface area (Å²) in [6.45, 7) is 4.32. The van der Waals surface area contributed by atoms with Gasteiger partial charge >= 0.3 is 0 Å². The Morgan fingerprint density at radius 1 is 1.13 bits per heavy atom. The Labute approximate surface area is 227 Å². The number of H-pyrrole nitrogens is 1. The van der Waals surface area contributed by atoms with Crippen LogP contribution in [0.4, 0.5) is 18.9 Å². The van der Waals surface area contributed by atoms with Crippen molar-refractivity contribution in [3.05, 3.63) is 64.9 Å². The highest BCUT2D eigenvalue weighted by Crippen LogP contribution is 2.72. The van der Waals surface area contributed by atoms with Crippen molar-refractivity contribution in [2.24, 2.45) is 5.41 Å². The summed E-state index contributed by atoms with van der Waals surface area (Å²) in [6, 6.07) is 10.6. The van der Waals surface area contributed by atoms with Crippen molar-refractivity contribution in [1.29, 1.82) is 0 Å². The summed E-state index contributed by atoms with van der Waals surface area (Å²) in [5.41, 5.74) is 3.41. The first kappa shape index (κ1) is 25.4. The van der Waals surface area contributed by atoms with Crippen LogP contribution in [0.25, 0.3) is 10.9 Å². The molecule has 5 aliphatic rings. The monoisotopic (exact) mass is 538 g/mol. The van der Waals surface area contributed by atoms with Gasteiger partial charge < -0.3 is 20.3 Å². The van der Waals surface area contributed by atoms with Gasteiger partial charge in [-0.25, -0.2) is 8.78 Å². The van der Waals surface area contributed by atoms with Gasteiger partial charge in [-0.15, -0.1) is 0 Å². The van der Waals surface area contributed by atoms with Crippen LogP contribution in [0, 0.1) is 17.0 Å². The van der Waals surface area contributed by atoms with Gasteiger partial charge in [0, 0.05) is 71.7 Å². The fourth-order valence-electron chi connectivity index (χ4n) is 8.47. The molecule has 1 saturated heterocycles. The van der Waals surface area contributed by atoms with Gasteiger partial charge in [-0.1, -0.05) is 18.2 Å².